The Morgan fingerprint density at radius 3 is 1.65 bits per heavy atom. The minimum absolute atomic E-state index is 0.860. The van der Waals surface area contributed by atoms with Crippen LogP contribution in [0.25, 0.3) is 80.8 Å². The maximum atomic E-state index is 6.42. The first kappa shape index (κ1) is 26.7. The fourth-order valence-corrected chi connectivity index (χ4v) is 8.96. The Kier molecular flexibility index (Phi) is 5.51. The van der Waals surface area contributed by atoms with Crippen LogP contribution in [0.3, 0.4) is 0 Å². The monoisotopic (exact) mass is 646 g/mol. The van der Waals surface area contributed by atoms with Gasteiger partial charge in [0.15, 0.2) is 0 Å². The molecule has 0 unspecified atom stereocenters. The minimum atomic E-state index is 0.860. The second-order valence-corrected chi connectivity index (χ2v) is 13.5. The van der Waals surface area contributed by atoms with E-state index in [-0.39, 0.29) is 0 Å². The molecule has 0 aliphatic heterocycles. The highest BCUT2D eigenvalue weighted by atomic mass is 32.1. The van der Waals surface area contributed by atoms with Gasteiger partial charge in [0, 0.05) is 61.5 Å². The molecule has 4 aromatic heterocycles. The van der Waals surface area contributed by atoms with Crippen molar-refractivity contribution in [2.45, 2.75) is 0 Å². The number of rotatable bonds is 4. The molecule has 11 aromatic rings. The van der Waals surface area contributed by atoms with Crippen molar-refractivity contribution in [3.63, 3.8) is 0 Å². The van der Waals surface area contributed by atoms with Crippen molar-refractivity contribution in [1.29, 1.82) is 0 Å². The van der Waals surface area contributed by atoms with E-state index in [1.165, 1.54) is 31.2 Å². The third kappa shape index (κ3) is 3.85. The lowest BCUT2D eigenvalue weighted by Crippen LogP contribution is -2.10. The molecule has 0 saturated carbocycles. The van der Waals surface area contributed by atoms with Gasteiger partial charge in [-0.05, 0) is 60.7 Å². The number of nitrogens with zero attached hydrogens (tertiary/aromatic N) is 2. The van der Waals surface area contributed by atoms with Crippen LogP contribution in [0.15, 0.2) is 167 Å². The van der Waals surface area contributed by atoms with Gasteiger partial charge in [-0.15, -0.1) is 11.3 Å². The van der Waals surface area contributed by atoms with Crippen molar-refractivity contribution in [3.8, 4) is 5.69 Å². The molecule has 4 nitrogen and oxygen atoms in total. The molecule has 0 spiro atoms. The van der Waals surface area contributed by atoms with Crippen LogP contribution in [0.5, 0.6) is 0 Å². The molecule has 4 heterocycles. The number of benzene rings is 7. The third-order valence-corrected chi connectivity index (χ3v) is 11.0. The second kappa shape index (κ2) is 10.1. The first-order chi connectivity index (χ1) is 24.3. The van der Waals surface area contributed by atoms with Gasteiger partial charge in [-0.25, -0.2) is 0 Å². The van der Waals surface area contributed by atoms with Crippen molar-refractivity contribution in [2.24, 2.45) is 0 Å². The van der Waals surface area contributed by atoms with Crippen molar-refractivity contribution in [2.75, 3.05) is 4.90 Å². The zero-order valence-corrected chi connectivity index (χ0v) is 26.9. The number of hydrogen-bond donors (Lipinski definition) is 0. The Morgan fingerprint density at radius 2 is 0.980 bits per heavy atom. The summed E-state index contributed by atoms with van der Waals surface area (Å²) >= 11 is 1.86. The Bertz CT molecular complexity index is 2960. The highest BCUT2D eigenvalue weighted by molar-refractivity contribution is 7.27. The minimum Gasteiger partial charge on any atom is -0.456 e. The molecule has 0 saturated heterocycles. The van der Waals surface area contributed by atoms with Crippen molar-refractivity contribution >= 4 is 103 Å². The molecule has 5 heteroatoms. The number of anilines is 3. The van der Waals surface area contributed by atoms with Gasteiger partial charge < -0.3 is 18.3 Å². The first-order valence-corrected chi connectivity index (χ1v) is 17.2. The van der Waals surface area contributed by atoms with Gasteiger partial charge in [-0.2, -0.15) is 0 Å². The molecule has 0 fully saturated rings. The van der Waals surface area contributed by atoms with E-state index in [0.29, 0.717) is 0 Å². The van der Waals surface area contributed by atoms with E-state index < -0.39 is 0 Å². The molecule has 11 rings (SSSR count). The number of hydrogen-bond acceptors (Lipinski definition) is 4. The summed E-state index contributed by atoms with van der Waals surface area (Å²) in [6.07, 6.45) is 0. The van der Waals surface area contributed by atoms with E-state index in [4.69, 9.17) is 8.83 Å². The third-order valence-electron chi connectivity index (χ3n) is 9.78. The fraction of sp³-hybridized carbons (Fsp3) is 0. The predicted octanol–water partition coefficient (Wildman–Crippen LogP) is 13.3. The smallest absolute Gasteiger partial charge is 0.137 e. The molecule has 0 bridgehead atoms. The molecule has 0 amide bonds. The molecule has 0 atom stereocenters. The maximum absolute atomic E-state index is 6.42. The standard InChI is InChI=1S/C44H26N2O2S/c1-2-11-27(12-3-1)46-36-17-7-4-15-34(36)44-42(46)35-16-10-18-37(43(35)49-44)45(28-21-23-32-30-13-5-8-19-38(30)47-40(32)25-28)29-22-24-33-31-14-6-9-20-39(31)48-41(33)26-29/h1-26H. The molecular formula is C44H26N2O2S. The van der Waals surface area contributed by atoms with Gasteiger partial charge in [-0.3, -0.25) is 0 Å². The summed E-state index contributed by atoms with van der Waals surface area (Å²) in [6, 6.07) is 55.7. The molecule has 0 radical (unpaired) electrons. The van der Waals surface area contributed by atoms with Gasteiger partial charge in [0.1, 0.15) is 22.3 Å². The second-order valence-electron chi connectivity index (χ2n) is 12.5. The Labute approximate surface area is 284 Å². The van der Waals surface area contributed by atoms with Crippen LogP contribution in [-0.4, -0.2) is 4.57 Å². The van der Waals surface area contributed by atoms with E-state index in [1.807, 2.05) is 35.6 Å². The van der Waals surface area contributed by atoms with Crippen molar-refractivity contribution < 1.29 is 8.83 Å². The molecule has 0 aliphatic rings. The topological polar surface area (TPSA) is 34.5 Å². The van der Waals surface area contributed by atoms with E-state index in [1.54, 1.807) is 0 Å². The maximum Gasteiger partial charge on any atom is 0.137 e. The molecule has 49 heavy (non-hydrogen) atoms. The van der Waals surface area contributed by atoms with E-state index in [0.717, 1.165) is 66.6 Å². The lowest BCUT2D eigenvalue weighted by Gasteiger charge is -2.26. The van der Waals surface area contributed by atoms with Gasteiger partial charge in [-0.1, -0.05) is 84.9 Å². The summed E-state index contributed by atoms with van der Waals surface area (Å²) in [4.78, 5) is 2.35. The zero-order chi connectivity index (χ0) is 32.1. The average Bonchev–Trinajstić information content (AvgIpc) is 3.90. The Balaban J connectivity index is 1.21. The summed E-state index contributed by atoms with van der Waals surface area (Å²) in [7, 11) is 0. The number of para-hydroxylation sites is 4. The van der Waals surface area contributed by atoms with Crippen LogP contribution in [0.1, 0.15) is 0 Å². The highest BCUT2D eigenvalue weighted by Gasteiger charge is 2.24. The Morgan fingerprint density at radius 1 is 0.429 bits per heavy atom. The van der Waals surface area contributed by atoms with Gasteiger partial charge >= 0.3 is 0 Å². The number of aromatic nitrogens is 1. The fourth-order valence-electron chi connectivity index (χ4n) is 7.63. The van der Waals surface area contributed by atoms with Crippen molar-refractivity contribution in [1.82, 2.24) is 4.57 Å². The summed E-state index contributed by atoms with van der Waals surface area (Å²) in [5.41, 5.74) is 10.2. The Hall–Kier alpha value is -6.30. The van der Waals surface area contributed by atoms with Gasteiger partial charge in [0.2, 0.25) is 0 Å². The highest BCUT2D eigenvalue weighted by Crippen LogP contribution is 2.49. The summed E-state index contributed by atoms with van der Waals surface area (Å²) < 4.78 is 17.7. The quantitative estimate of drug-likeness (QED) is 0.191. The van der Waals surface area contributed by atoms with Gasteiger partial charge in [0.05, 0.1) is 26.1 Å². The first-order valence-electron chi connectivity index (χ1n) is 16.4. The lowest BCUT2D eigenvalue weighted by molar-refractivity contribution is 0.669. The van der Waals surface area contributed by atoms with Crippen LogP contribution in [-0.2, 0) is 0 Å². The van der Waals surface area contributed by atoms with E-state index in [2.05, 4.69) is 143 Å². The van der Waals surface area contributed by atoms with Crippen molar-refractivity contribution in [3.05, 3.63) is 158 Å². The van der Waals surface area contributed by atoms with Crippen LogP contribution >= 0.6 is 11.3 Å². The zero-order valence-electron chi connectivity index (χ0n) is 26.1. The SMILES string of the molecule is c1ccc(-n2c3ccccc3c3sc4c(N(c5ccc6c(c5)oc5ccccc56)c5ccc6c(c5)oc5ccccc56)cccc4c32)cc1. The molecule has 230 valence electrons. The summed E-state index contributed by atoms with van der Waals surface area (Å²) in [5, 5.41) is 6.93. The molecule has 0 aliphatic carbocycles. The molecule has 7 aromatic carbocycles. The van der Waals surface area contributed by atoms with E-state index >= 15 is 0 Å². The van der Waals surface area contributed by atoms with Crippen LogP contribution < -0.4 is 4.90 Å². The number of fused-ring (bicyclic) bond motifs is 11. The largest absolute Gasteiger partial charge is 0.456 e. The summed E-state index contributed by atoms with van der Waals surface area (Å²) in [5.74, 6) is 0. The molecule has 0 N–H and O–H groups in total. The predicted molar refractivity (Wildman–Crippen MR) is 205 cm³/mol. The van der Waals surface area contributed by atoms with Crippen LogP contribution in [0.4, 0.5) is 17.1 Å². The van der Waals surface area contributed by atoms with Gasteiger partial charge in [0.25, 0.3) is 0 Å². The normalized spacial score (nSPS) is 12.1. The van der Waals surface area contributed by atoms with Crippen LogP contribution in [0, 0.1) is 0 Å². The average molecular weight is 647 g/mol. The van der Waals surface area contributed by atoms with Crippen LogP contribution in [0.2, 0.25) is 0 Å². The van der Waals surface area contributed by atoms with E-state index in [9.17, 15) is 0 Å². The number of thiophene rings is 1. The molecular weight excluding hydrogens is 621 g/mol. The lowest BCUT2D eigenvalue weighted by atomic mass is 10.1. The summed E-state index contributed by atoms with van der Waals surface area (Å²) in [6.45, 7) is 0. The number of furan rings is 2.